The summed E-state index contributed by atoms with van der Waals surface area (Å²) < 4.78 is 3.56. The molecule has 30 rings (SSSR count). The summed E-state index contributed by atoms with van der Waals surface area (Å²) in [5, 5.41) is 3.41. The normalized spacial score (nSPS) is 14.8. The summed E-state index contributed by atoms with van der Waals surface area (Å²) in [6.07, 6.45) is 0. The summed E-state index contributed by atoms with van der Waals surface area (Å²) in [4.78, 5) is 45.5. The van der Waals surface area contributed by atoms with Gasteiger partial charge in [0.1, 0.15) is 31.0 Å². The van der Waals surface area contributed by atoms with Gasteiger partial charge in [-0.1, -0.05) is 336 Å². The second-order valence-electron chi connectivity index (χ2n) is 42.5. The van der Waals surface area contributed by atoms with Crippen molar-refractivity contribution in [2.24, 2.45) is 0 Å². The number of anilines is 15. The highest BCUT2D eigenvalue weighted by Crippen LogP contribution is 2.62. The lowest BCUT2D eigenvalue weighted by molar-refractivity contribution is 0.630. The van der Waals surface area contributed by atoms with Gasteiger partial charge in [-0.25, -0.2) is 29.9 Å². The molecule has 0 aliphatic carbocycles. The van der Waals surface area contributed by atoms with Gasteiger partial charge >= 0.3 is 0 Å². The highest BCUT2D eigenvalue weighted by Gasteiger charge is 2.45. The van der Waals surface area contributed by atoms with Crippen molar-refractivity contribution in [3.05, 3.63) is 486 Å². The molecule has 0 fully saturated rings. The van der Waals surface area contributed by atoms with E-state index in [1.807, 2.05) is 54.6 Å². The first-order chi connectivity index (χ1) is 72.6. The molecule has 14 heteroatoms. The lowest BCUT2D eigenvalue weighted by atomic mass is 9.73. The maximum atomic E-state index is 5.21. The molecule has 0 bridgehead atoms. The van der Waals surface area contributed by atoms with Crippen LogP contribution in [0, 0.1) is 0 Å². The fourth-order valence-corrected chi connectivity index (χ4v) is 27.7. The molecule has 5 aliphatic rings. The fraction of sp³-hybridized carbons (Fsp3) is 0.111. The quantitative estimate of drug-likeness (QED) is 0.146. The van der Waals surface area contributed by atoms with Crippen LogP contribution in [0.1, 0.15) is 125 Å². The molecule has 11 nitrogen and oxygen atoms in total. The molecule has 0 atom stereocenters. The van der Waals surface area contributed by atoms with Crippen molar-refractivity contribution in [2.75, 3.05) is 24.5 Å². The predicted molar refractivity (Wildman–Crippen MR) is 628 cm³/mol. The van der Waals surface area contributed by atoms with Crippen molar-refractivity contribution in [3.8, 4) is 33.4 Å². The Morgan fingerprint density at radius 2 is 0.383 bits per heavy atom. The van der Waals surface area contributed by atoms with E-state index in [2.05, 4.69) is 470 Å². The van der Waals surface area contributed by atoms with Gasteiger partial charge in [0.25, 0.3) is 0 Å². The standard InChI is InChI=1S/C56H42N4S.C44H34N4S.C35H25N3S/c1-55(2)42-15-5-11-21-48(42)59(49-22-12-6-16-43(49)55)37-29-25-35(26-30-37)39-33-41-52(61-54-53(41)57-46-19-9-10-20-47(46)58-54)34-40(39)36-27-31-38(32-28-36)60-50-23-13-7-17-44(50)56(3,4)45-18-8-14-24-51(45)60;1-43(2)28-15-5-11-21-34(28)47(35-22-12-6-16-29(35)43)38-25-27-40(49-42-41(27)45-32-19-9-10-20-33(32)46-42)26-39(38)48-36-23-13-7-17-30(36)44(3,4)31-18-8-14-24-37(31)48;1-35(2)26-9-3-7-13-30(26)38(31-14-8-4-10-27(31)35)24-18-15-22(16-19-24)23-17-20-25-32(21-23)39-34-33(25)36-28-11-5-6-12-29(28)37-34/h5-34H,1-4H3;5-26H,1-4H3;3-21H,1-2H3. The maximum absolute atomic E-state index is 5.21. The number of thiophene rings is 3. The van der Waals surface area contributed by atoms with Crippen molar-refractivity contribution in [2.45, 2.75) is 96.3 Å². The van der Waals surface area contributed by atoms with Crippen LogP contribution >= 0.6 is 34.0 Å². The summed E-state index contributed by atoms with van der Waals surface area (Å²) in [5.74, 6) is 0. The summed E-state index contributed by atoms with van der Waals surface area (Å²) >= 11 is 5.16. The van der Waals surface area contributed by atoms with Crippen LogP contribution in [0.4, 0.5) is 85.3 Å². The number of hydrogen-bond donors (Lipinski definition) is 0. The third-order valence-electron chi connectivity index (χ3n) is 32.2. The molecular weight excluding hydrogens is 1870 g/mol. The van der Waals surface area contributed by atoms with E-state index < -0.39 is 0 Å². The molecule has 5 aliphatic heterocycles. The average Bonchev–Trinajstić information content (AvgIpc) is 1.68. The first-order valence-corrected chi connectivity index (χ1v) is 53.7. The number of rotatable bonds is 8. The van der Waals surface area contributed by atoms with Crippen molar-refractivity contribution < 1.29 is 0 Å². The van der Waals surface area contributed by atoms with Gasteiger partial charge in [0, 0.05) is 74.4 Å². The molecule has 0 N–H and O–H groups in total. The minimum atomic E-state index is -0.165. The first kappa shape index (κ1) is 89.5. The van der Waals surface area contributed by atoms with Crippen molar-refractivity contribution in [1.29, 1.82) is 0 Å². The highest BCUT2D eigenvalue weighted by atomic mass is 32.1. The lowest BCUT2D eigenvalue weighted by Gasteiger charge is -2.45. The van der Waals surface area contributed by atoms with E-state index in [1.54, 1.807) is 34.0 Å². The number of benzene rings is 19. The fourth-order valence-electron chi connectivity index (χ4n) is 24.6. The summed E-state index contributed by atoms with van der Waals surface area (Å²) in [6, 6.07) is 156. The molecule has 0 spiro atoms. The Morgan fingerprint density at radius 3 is 0.678 bits per heavy atom. The topological polar surface area (TPSA) is 93.5 Å². The van der Waals surface area contributed by atoms with Gasteiger partial charge in [-0.15, -0.1) is 34.0 Å². The van der Waals surface area contributed by atoms with E-state index in [0.717, 1.165) is 125 Å². The number of aromatic nitrogens is 6. The number of para-hydroxylation sites is 16. The van der Waals surface area contributed by atoms with Gasteiger partial charge in [-0.2, -0.15) is 0 Å². The van der Waals surface area contributed by atoms with Crippen LogP contribution in [0.2, 0.25) is 0 Å². The third-order valence-corrected chi connectivity index (χ3v) is 35.3. The van der Waals surface area contributed by atoms with E-state index in [0.29, 0.717) is 0 Å². The molecule has 0 unspecified atom stereocenters. The van der Waals surface area contributed by atoms with Gasteiger partial charge in [-0.3, -0.25) is 0 Å². The molecule has 6 aromatic heterocycles. The molecule has 0 saturated carbocycles. The Hall–Kier alpha value is -17.1. The van der Waals surface area contributed by atoms with Crippen LogP contribution in [0.5, 0.6) is 0 Å². The first-order valence-electron chi connectivity index (χ1n) is 51.3. The van der Waals surface area contributed by atoms with Crippen LogP contribution in [-0.4, -0.2) is 29.9 Å². The van der Waals surface area contributed by atoms with Crippen LogP contribution < -0.4 is 24.5 Å². The van der Waals surface area contributed by atoms with E-state index in [9.17, 15) is 0 Å². The monoisotopic (exact) mass is 1970 g/mol. The SMILES string of the molecule is CC1(C)c2ccccc2N(c2cc3sc4nc5ccccc5nc4c3cc2N2c3ccccc3C(C)(C)c3ccccc32)c2ccccc21.CC1(C)c2ccccc2N(c2ccc(-c3cc4sc5nc6ccccc6nc5c4cc3-c3ccc(N4c5ccccc5C(C)(C)c5ccccc54)cc3)cc2)c2ccccc21.CC1(C)c2ccccc2N(c2ccc(-c3ccc4c(c3)sc3nc5ccccc5nc34)cc2)c2ccccc21. The molecule has 714 valence electrons. The summed E-state index contributed by atoms with van der Waals surface area (Å²) in [6.45, 7) is 23.4. The van der Waals surface area contributed by atoms with Gasteiger partial charge < -0.3 is 24.5 Å². The van der Waals surface area contributed by atoms with Crippen LogP contribution in [-0.2, 0) is 27.1 Å². The minimum Gasteiger partial charge on any atom is -0.310 e. The highest BCUT2D eigenvalue weighted by molar-refractivity contribution is 7.26. The van der Waals surface area contributed by atoms with Crippen molar-refractivity contribution in [3.63, 3.8) is 0 Å². The lowest BCUT2D eigenvalue weighted by Crippen LogP contribution is -2.33. The summed E-state index contributed by atoms with van der Waals surface area (Å²) in [7, 11) is 0. The minimum absolute atomic E-state index is 0.0567. The zero-order valence-corrected chi connectivity index (χ0v) is 86.6. The van der Waals surface area contributed by atoms with Gasteiger partial charge in [0.15, 0.2) is 0 Å². The van der Waals surface area contributed by atoms with Gasteiger partial charge in [-0.05, 0) is 253 Å². The Bertz CT molecular complexity index is 9590. The van der Waals surface area contributed by atoms with E-state index in [1.165, 1.54) is 143 Å². The zero-order chi connectivity index (χ0) is 100. The molecule has 25 aromatic rings. The molecule has 19 aromatic carbocycles. The molecule has 149 heavy (non-hydrogen) atoms. The maximum Gasteiger partial charge on any atom is 0.143 e. The van der Waals surface area contributed by atoms with Gasteiger partial charge in [0.05, 0.1) is 101 Å². The van der Waals surface area contributed by atoms with Crippen LogP contribution in [0.3, 0.4) is 0 Å². The Morgan fingerprint density at radius 1 is 0.168 bits per heavy atom. The van der Waals surface area contributed by atoms with Crippen LogP contribution in [0.25, 0.3) is 128 Å². The Kier molecular flexibility index (Phi) is 20.4. The van der Waals surface area contributed by atoms with Gasteiger partial charge in [0.2, 0.25) is 0 Å². The zero-order valence-electron chi connectivity index (χ0n) is 84.1. The molecule has 11 heterocycles. The Labute approximate surface area is 877 Å². The predicted octanol–water partition coefficient (Wildman–Crippen LogP) is 37.5. The largest absolute Gasteiger partial charge is 0.310 e. The second kappa shape index (κ2) is 34.0. The summed E-state index contributed by atoms with van der Waals surface area (Å²) in [5.41, 5.74) is 46.0. The molecule has 0 saturated heterocycles. The van der Waals surface area contributed by atoms with E-state index in [4.69, 9.17) is 29.9 Å². The smallest absolute Gasteiger partial charge is 0.143 e. The molecule has 0 radical (unpaired) electrons. The number of nitrogens with zero attached hydrogens (tertiary/aromatic N) is 11. The van der Waals surface area contributed by atoms with Crippen LogP contribution in [0.15, 0.2) is 431 Å². The second-order valence-corrected chi connectivity index (χ2v) is 45.6. The van der Waals surface area contributed by atoms with E-state index in [-0.39, 0.29) is 27.1 Å². The average molecular weight is 1970 g/mol. The van der Waals surface area contributed by atoms with Crippen molar-refractivity contribution >= 4 is 214 Å². The number of hydrogen-bond acceptors (Lipinski definition) is 14. The third kappa shape index (κ3) is 14.1. The molecule has 0 amide bonds. The molecular formula is C135H101N11S3. The number of fused-ring (bicyclic) bond motifs is 22. The van der Waals surface area contributed by atoms with E-state index >= 15 is 0 Å². The van der Waals surface area contributed by atoms with Crippen molar-refractivity contribution in [1.82, 2.24) is 29.9 Å². The Balaban J connectivity index is 0.000000110.